The Morgan fingerprint density at radius 1 is 1.19 bits per heavy atom. The second-order valence-electron chi connectivity index (χ2n) is 6.61. The van der Waals surface area contributed by atoms with Crippen LogP contribution in [0.2, 0.25) is 0 Å². The number of anilines is 1. The second-order valence-corrected chi connectivity index (χ2v) is 6.61. The second kappa shape index (κ2) is 6.29. The smallest absolute Gasteiger partial charge is 0.125 e. The van der Waals surface area contributed by atoms with Gasteiger partial charge in [-0.1, -0.05) is 26.8 Å². The lowest BCUT2D eigenvalue weighted by Gasteiger charge is -2.18. The summed E-state index contributed by atoms with van der Waals surface area (Å²) in [4.78, 5) is 4.48. The summed E-state index contributed by atoms with van der Waals surface area (Å²) in [7, 11) is 0. The number of rotatable bonds is 5. The maximum Gasteiger partial charge on any atom is 0.125 e. The van der Waals surface area contributed by atoms with Crippen molar-refractivity contribution in [1.82, 2.24) is 14.8 Å². The predicted octanol–water partition coefficient (Wildman–Crippen LogP) is 3.69. The van der Waals surface area contributed by atoms with Crippen molar-refractivity contribution in [1.29, 1.82) is 0 Å². The first kappa shape index (κ1) is 15.5. The summed E-state index contributed by atoms with van der Waals surface area (Å²) in [6, 6.07) is 6.32. The molecule has 114 valence electrons. The minimum atomic E-state index is 0.154. The van der Waals surface area contributed by atoms with Crippen molar-refractivity contribution in [3.05, 3.63) is 41.3 Å². The van der Waals surface area contributed by atoms with Crippen LogP contribution in [0.15, 0.2) is 24.4 Å². The van der Waals surface area contributed by atoms with E-state index in [-0.39, 0.29) is 5.41 Å². The SMILES string of the molecule is Cc1cc(C)n(CCCNc2ccc(C(C)(C)C)cn2)n1. The molecule has 0 unspecified atom stereocenters. The van der Waals surface area contributed by atoms with Gasteiger partial charge >= 0.3 is 0 Å². The Labute approximate surface area is 127 Å². The summed E-state index contributed by atoms with van der Waals surface area (Å²) in [5, 5.41) is 7.83. The van der Waals surface area contributed by atoms with Crippen molar-refractivity contribution in [3.63, 3.8) is 0 Å². The predicted molar refractivity (Wildman–Crippen MR) is 87.7 cm³/mol. The Bertz CT molecular complexity index is 576. The molecule has 0 atom stereocenters. The molecule has 0 saturated carbocycles. The summed E-state index contributed by atoms with van der Waals surface area (Å²) < 4.78 is 2.06. The van der Waals surface area contributed by atoms with Crippen LogP contribution < -0.4 is 5.32 Å². The van der Waals surface area contributed by atoms with Crippen LogP contribution in [0.25, 0.3) is 0 Å². The lowest BCUT2D eigenvalue weighted by molar-refractivity contribution is 0.573. The lowest BCUT2D eigenvalue weighted by Crippen LogP contribution is -2.13. The number of pyridine rings is 1. The molecule has 2 aromatic heterocycles. The van der Waals surface area contributed by atoms with Crippen molar-refractivity contribution in [2.45, 2.75) is 53.0 Å². The molecular weight excluding hydrogens is 260 g/mol. The third-order valence-corrected chi connectivity index (χ3v) is 3.59. The average molecular weight is 286 g/mol. The van der Waals surface area contributed by atoms with Gasteiger partial charge in [0.1, 0.15) is 5.82 Å². The molecule has 0 aromatic carbocycles. The summed E-state index contributed by atoms with van der Waals surface area (Å²) in [5.74, 6) is 0.941. The van der Waals surface area contributed by atoms with Crippen LogP contribution in [0.5, 0.6) is 0 Å². The van der Waals surface area contributed by atoms with E-state index in [9.17, 15) is 0 Å². The highest BCUT2D eigenvalue weighted by Gasteiger charge is 2.13. The van der Waals surface area contributed by atoms with Gasteiger partial charge in [0.05, 0.1) is 5.69 Å². The Morgan fingerprint density at radius 2 is 1.95 bits per heavy atom. The summed E-state index contributed by atoms with van der Waals surface area (Å²) in [6.45, 7) is 12.6. The molecular formula is C17H26N4. The normalized spacial score (nSPS) is 11.7. The molecule has 0 fully saturated rings. The Hall–Kier alpha value is -1.84. The van der Waals surface area contributed by atoms with Gasteiger partial charge in [0.2, 0.25) is 0 Å². The molecule has 0 bridgehead atoms. The van der Waals surface area contributed by atoms with Crippen LogP contribution >= 0.6 is 0 Å². The fourth-order valence-electron chi connectivity index (χ4n) is 2.29. The highest BCUT2D eigenvalue weighted by atomic mass is 15.3. The van der Waals surface area contributed by atoms with Crippen molar-refractivity contribution in [2.24, 2.45) is 0 Å². The molecule has 2 rings (SSSR count). The van der Waals surface area contributed by atoms with Crippen LogP contribution in [0.4, 0.5) is 5.82 Å². The molecule has 0 spiro atoms. The van der Waals surface area contributed by atoms with E-state index in [1.54, 1.807) is 0 Å². The molecule has 0 saturated heterocycles. The fourth-order valence-corrected chi connectivity index (χ4v) is 2.29. The standard InChI is InChI=1S/C17H26N4/c1-13-11-14(2)21(20-13)10-6-9-18-16-8-7-15(12-19-16)17(3,4)5/h7-8,11-12H,6,9-10H2,1-5H3,(H,18,19). The first-order valence-electron chi connectivity index (χ1n) is 7.58. The van der Waals surface area contributed by atoms with Crippen LogP contribution in [0.3, 0.4) is 0 Å². The van der Waals surface area contributed by atoms with Crippen molar-refractivity contribution in [2.75, 3.05) is 11.9 Å². The number of hydrogen-bond donors (Lipinski definition) is 1. The van der Waals surface area contributed by atoms with Crippen LogP contribution in [0, 0.1) is 13.8 Å². The molecule has 0 aliphatic rings. The van der Waals surface area contributed by atoms with Crippen molar-refractivity contribution >= 4 is 5.82 Å². The molecule has 0 amide bonds. The van der Waals surface area contributed by atoms with Gasteiger partial charge in [-0.05, 0) is 43.4 Å². The highest BCUT2D eigenvalue weighted by molar-refractivity contribution is 5.36. The molecule has 21 heavy (non-hydrogen) atoms. The molecule has 0 aliphatic carbocycles. The van der Waals surface area contributed by atoms with Gasteiger partial charge in [0.15, 0.2) is 0 Å². The number of nitrogens with zero attached hydrogens (tertiary/aromatic N) is 3. The maximum atomic E-state index is 4.48. The molecule has 4 heteroatoms. The summed E-state index contributed by atoms with van der Waals surface area (Å²) in [5.41, 5.74) is 3.72. The molecule has 2 aromatic rings. The van der Waals surface area contributed by atoms with Gasteiger partial charge in [-0.25, -0.2) is 4.98 Å². The monoisotopic (exact) mass is 286 g/mol. The zero-order valence-corrected chi connectivity index (χ0v) is 13.8. The van der Waals surface area contributed by atoms with Gasteiger partial charge in [0, 0.05) is 25.0 Å². The molecule has 1 N–H and O–H groups in total. The third-order valence-electron chi connectivity index (χ3n) is 3.59. The van der Waals surface area contributed by atoms with E-state index in [1.165, 1.54) is 11.3 Å². The van der Waals surface area contributed by atoms with E-state index < -0.39 is 0 Å². The summed E-state index contributed by atoms with van der Waals surface area (Å²) >= 11 is 0. The average Bonchev–Trinajstić information content (AvgIpc) is 2.73. The maximum absolute atomic E-state index is 4.48. The van der Waals surface area contributed by atoms with E-state index in [2.05, 4.69) is 66.0 Å². The number of aromatic nitrogens is 3. The Morgan fingerprint density at radius 3 is 2.48 bits per heavy atom. The van der Waals surface area contributed by atoms with E-state index in [1.807, 2.05) is 13.1 Å². The summed E-state index contributed by atoms with van der Waals surface area (Å²) in [6.07, 6.45) is 2.99. The van der Waals surface area contributed by atoms with E-state index in [0.717, 1.165) is 31.0 Å². The van der Waals surface area contributed by atoms with E-state index in [4.69, 9.17) is 0 Å². The Kier molecular flexibility index (Phi) is 4.66. The van der Waals surface area contributed by atoms with Gasteiger partial charge in [-0.3, -0.25) is 4.68 Å². The van der Waals surface area contributed by atoms with Crippen LogP contribution in [-0.4, -0.2) is 21.3 Å². The number of aryl methyl sites for hydroxylation is 3. The third kappa shape index (κ3) is 4.31. The highest BCUT2D eigenvalue weighted by Crippen LogP contribution is 2.21. The molecule has 2 heterocycles. The van der Waals surface area contributed by atoms with E-state index >= 15 is 0 Å². The van der Waals surface area contributed by atoms with Gasteiger partial charge in [-0.2, -0.15) is 5.10 Å². The van der Waals surface area contributed by atoms with E-state index in [0.29, 0.717) is 0 Å². The number of hydrogen-bond acceptors (Lipinski definition) is 3. The first-order valence-corrected chi connectivity index (χ1v) is 7.58. The molecule has 0 aliphatic heterocycles. The topological polar surface area (TPSA) is 42.7 Å². The fraction of sp³-hybridized carbons (Fsp3) is 0.529. The largest absolute Gasteiger partial charge is 0.370 e. The zero-order valence-electron chi connectivity index (χ0n) is 13.8. The molecule has 0 radical (unpaired) electrons. The lowest BCUT2D eigenvalue weighted by atomic mass is 9.88. The van der Waals surface area contributed by atoms with Crippen molar-refractivity contribution in [3.8, 4) is 0 Å². The Balaban J connectivity index is 1.80. The van der Waals surface area contributed by atoms with Crippen LogP contribution in [-0.2, 0) is 12.0 Å². The minimum absolute atomic E-state index is 0.154. The quantitative estimate of drug-likeness (QED) is 0.852. The molecule has 4 nitrogen and oxygen atoms in total. The van der Waals surface area contributed by atoms with Gasteiger partial charge < -0.3 is 5.32 Å². The zero-order chi connectivity index (χ0) is 15.5. The number of nitrogens with one attached hydrogen (secondary N) is 1. The van der Waals surface area contributed by atoms with Gasteiger partial charge in [-0.15, -0.1) is 0 Å². The van der Waals surface area contributed by atoms with Gasteiger partial charge in [0.25, 0.3) is 0 Å². The van der Waals surface area contributed by atoms with Crippen molar-refractivity contribution < 1.29 is 0 Å². The first-order chi connectivity index (χ1) is 9.86. The minimum Gasteiger partial charge on any atom is -0.370 e. The van der Waals surface area contributed by atoms with Crippen LogP contribution in [0.1, 0.15) is 44.1 Å².